The van der Waals surface area contributed by atoms with Crippen LogP contribution in [0.15, 0.2) is 48.7 Å². The topological polar surface area (TPSA) is 22.1 Å². The van der Waals surface area contributed by atoms with Gasteiger partial charge in [-0.15, -0.1) is 0 Å². The molecule has 1 aromatic carbocycles. The van der Waals surface area contributed by atoms with Gasteiger partial charge in [0.25, 0.3) is 0 Å². The predicted octanol–water partition coefficient (Wildman–Crippen LogP) is 4.40. The van der Waals surface area contributed by atoms with Crippen LogP contribution in [-0.2, 0) is 13.0 Å². The molecular weight excluding hydrogens is 305 g/mol. The van der Waals surface area contributed by atoms with E-state index in [9.17, 15) is 22.0 Å². The molecule has 0 aliphatic rings. The second kappa shape index (κ2) is 6.29. The van der Waals surface area contributed by atoms with Crippen LogP contribution < -0.4 is 4.74 Å². The zero-order valence-electron chi connectivity index (χ0n) is 11.3. The lowest BCUT2D eigenvalue weighted by Crippen LogP contribution is -2.38. The molecule has 7 heteroatoms. The SMILES string of the molecule is FC(F)(F)C(F)(F)Cc1ccc(OCc2ccccc2)nc1. The summed E-state index contributed by atoms with van der Waals surface area (Å²) in [6.07, 6.45) is -6.06. The van der Waals surface area contributed by atoms with Gasteiger partial charge in [0, 0.05) is 18.7 Å². The smallest absolute Gasteiger partial charge is 0.453 e. The molecule has 0 saturated carbocycles. The number of pyridine rings is 1. The molecular formula is C15H12F5NO. The average molecular weight is 317 g/mol. The van der Waals surface area contributed by atoms with Gasteiger partial charge in [-0.25, -0.2) is 4.98 Å². The van der Waals surface area contributed by atoms with Crippen LogP contribution in [0.4, 0.5) is 22.0 Å². The lowest BCUT2D eigenvalue weighted by molar-refractivity contribution is -0.281. The van der Waals surface area contributed by atoms with E-state index in [0.717, 1.165) is 17.8 Å². The lowest BCUT2D eigenvalue weighted by Gasteiger charge is -2.19. The third-order valence-corrected chi connectivity index (χ3v) is 2.87. The number of alkyl halides is 5. The molecule has 0 bridgehead atoms. The Morgan fingerprint density at radius 2 is 1.55 bits per heavy atom. The van der Waals surface area contributed by atoms with Gasteiger partial charge in [-0.05, 0) is 11.1 Å². The lowest BCUT2D eigenvalue weighted by atomic mass is 10.1. The van der Waals surface area contributed by atoms with E-state index in [2.05, 4.69) is 4.98 Å². The van der Waals surface area contributed by atoms with Gasteiger partial charge in [-0.1, -0.05) is 36.4 Å². The fourth-order valence-corrected chi connectivity index (χ4v) is 1.69. The van der Waals surface area contributed by atoms with Crippen LogP contribution in [0, 0.1) is 0 Å². The largest absolute Gasteiger partial charge is 0.473 e. The van der Waals surface area contributed by atoms with Crippen molar-refractivity contribution in [1.29, 1.82) is 0 Å². The number of aromatic nitrogens is 1. The van der Waals surface area contributed by atoms with E-state index in [0.29, 0.717) is 0 Å². The van der Waals surface area contributed by atoms with Gasteiger partial charge in [0.05, 0.1) is 0 Å². The molecule has 118 valence electrons. The first-order valence-electron chi connectivity index (χ1n) is 6.34. The Balaban J connectivity index is 1.96. The minimum atomic E-state index is -5.57. The quantitative estimate of drug-likeness (QED) is 0.763. The van der Waals surface area contributed by atoms with Crippen molar-refractivity contribution in [2.24, 2.45) is 0 Å². The van der Waals surface area contributed by atoms with Gasteiger partial charge < -0.3 is 4.74 Å². The van der Waals surface area contributed by atoms with Gasteiger partial charge in [-0.3, -0.25) is 0 Å². The summed E-state index contributed by atoms with van der Waals surface area (Å²) in [5.41, 5.74) is 0.673. The molecule has 0 aliphatic carbocycles. The maximum absolute atomic E-state index is 12.9. The molecule has 0 spiro atoms. The van der Waals surface area contributed by atoms with Gasteiger partial charge in [0.1, 0.15) is 6.61 Å². The minimum absolute atomic E-state index is 0.155. The average Bonchev–Trinajstić information content (AvgIpc) is 2.46. The molecule has 0 N–H and O–H groups in total. The monoisotopic (exact) mass is 317 g/mol. The molecule has 1 aromatic heterocycles. The number of nitrogens with zero attached hydrogens (tertiary/aromatic N) is 1. The highest BCUT2D eigenvalue weighted by atomic mass is 19.4. The van der Waals surface area contributed by atoms with E-state index >= 15 is 0 Å². The van der Waals surface area contributed by atoms with Crippen LogP contribution in [0.5, 0.6) is 5.88 Å². The Morgan fingerprint density at radius 3 is 2.09 bits per heavy atom. The predicted molar refractivity (Wildman–Crippen MR) is 69.7 cm³/mol. The van der Waals surface area contributed by atoms with Crippen molar-refractivity contribution in [2.75, 3.05) is 0 Å². The fourth-order valence-electron chi connectivity index (χ4n) is 1.69. The second-order valence-corrected chi connectivity index (χ2v) is 4.66. The van der Waals surface area contributed by atoms with E-state index in [-0.39, 0.29) is 18.1 Å². The Kier molecular flexibility index (Phi) is 4.63. The summed E-state index contributed by atoms with van der Waals surface area (Å²) in [7, 11) is 0. The number of ether oxygens (including phenoxy) is 1. The molecule has 2 rings (SSSR count). The first-order valence-corrected chi connectivity index (χ1v) is 6.34. The third-order valence-electron chi connectivity index (χ3n) is 2.87. The number of hydrogen-bond donors (Lipinski definition) is 0. The summed E-state index contributed by atoms with van der Waals surface area (Å²) in [5.74, 6) is -4.62. The zero-order valence-corrected chi connectivity index (χ0v) is 11.3. The maximum atomic E-state index is 12.9. The van der Waals surface area contributed by atoms with Gasteiger partial charge >= 0.3 is 12.1 Å². The van der Waals surface area contributed by atoms with Crippen molar-refractivity contribution in [1.82, 2.24) is 4.98 Å². The van der Waals surface area contributed by atoms with Crippen molar-refractivity contribution in [3.63, 3.8) is 0 Å². The summed E-state index contributed by atoms with van der Waals surface area (Å²) in [4.78, 5) is 3.74. The first-order chi connectivity index (χ1) is 10.3. The molecule has 2 aromatic rings. The van der Waals surface area contributed by atoms with E-state index in [1.54, 1.807) is 0 Å². The molecule has 0 radical (unpaired) electrons. The van der Waals surface area contributed by atoms with Crippen molar-refractivity contribution >= 4 is 0 Å². The summed E-state index contributed by atoms with van der Waals surface area (Å²) in [6.45, 7) is 0.228. The highest BCUT2D eigenvalue weighted by Gasteiger charge is 2.57. The number of benzene rings is 1. The Labute approximate surface area is 123 Å². The molecule has 0 amide bonds. The molecule has 2 nitrogen and oxygen atoms in total. The van der Waals surface area contributed by atoms with E-state index in [1.807, 2.05) is 30.3 Å². The van der Waals surface area contributed by atoms with Crippen molar-refractivity contribution in [2.45, 2.75) is 25.1 Å². The molecule has 0 saturated heterocycles. The van der Waals surface area contributed by atoms with Crippen LogP contribution in [0.1, 0.15) is 11.1 Å². The zero-order chi connectivity index (χ0) is 16.2. The second-order valence-electron chi connectivity index (χ2n) is 4.66. The standard InChI is InChI=1S/C15H12F5NO/c16-14(17,15(18,19)20)8-12-6-7-13(21-9-12)22-10-11-4-2-1-3-5-11/h1-7,9H,8,10H2. The minimum Gasteiger partial charge on any atom is -0.473 e. The fraction of sp³-hybridized carbons (Fsp3) is 0.267. The summed E-state index contributed by atoms with van der Waals surface area (Å²) < 4.78 is 67.5. The summed E-state index contributed by atoms with van der Waals surface area (Å²) in [6, 6.07) is 11.6. The molecule has 0 aliphatic heterocycles. The molecule has 0 unspecified atom stereocenters. The third kappa shape index (κ3) is 4.16. The van der Waals surface area contributed by atoms with Crippen LogP contribution in [-0.4, -0.2) is 17.1 Å². The Morgan fingerprint density at radius 1 is 0.864 bits per heavy atom. The summed E-state index contributed by atoms with van der Waals surface area (Å²) >= 11 is 0. The van der Waals surface area contributed by atoms with Crippen LogP contribution >= 0.6 is 0 Å². The van der Waals surface area contributed by atoms with Crippen LogP contribution in [0.25, 0.3) is 0 Å². The van der Waals surface area contributed by atoms with Crippen molar-refractivity contribution in [3.8, 4) is 5.88 Å². The number of hydrogen-bond acceptors (Lipinski definition) is 2. The van der Waals surface area contributed by atoms with Crippen molar-refractivity contribution < 1.29 is 26.7 Å². The van der Waals surface area contributed by atoms with Gasteiger partial charge in [0.2, 0.25) is 5.88 Å². The van der Waals surface area contributed by atoms with Gasteiger partial charge in [0.15, 0.2) is 0 Å². The van der Waals surface area contributed by atoms with Gasteiger partial charge in [-0.2, -0.15) is 22.0 Å². The highest BCUT2D eigenvalue weighted by molar-refractivity contribution is 5.20. The first kappa shape index (κ1) is 16.2. The Bertz CT molecular complexity index is 596. The number of rotatable bonds is 5. The molecule has 0 fully saturated rings. The van der Waals surface area contributed by atoms with E-state index in [1.165, 1.54) is 6.07 Å². The molecule has 0 atom stereocenters. The van der Waals surface area contributed by atoms with Crippen LogP contribution in [0.3, 0.4) is 0 Å². The summed E-state index contributed by atoms with van der Waals surface area (Å²) in [5, 5.41) is 0. The molecule has 1 heterocycles. The van der Waals surface area contributed by atoms with E-state index < -0.39 is 18.5 Å². The Hall–Kier alpha value is -2.18. The number of halogens is 5. The van der Waals surface area contributed by atoms with Crippen LogP contribution in [0.2, 0.25) is 0 Å². The normalized spacial score (nSPS) is 12.2. The van der Waals surface area contributed by atoms with E-state index in [4.69, 9.17) is 4.74 Å². The van der Waals surface area contributed by atoms with Crippen molar-refractivity contribution in [3.05, 3.63) is 59.8 Å². The highest BCUT2D eigenvalue weighted by Crippen LogP contribution is 2.37. The maximum Gasteiger partial charge on any atom is 0.453 e. The molecule has 22 heavy (non-hydrogen) atoms.